The topological polar surface area (TPSA) is 60.0 Å². The third-order valence-electron chi connectivity index (χ3n) is 4.67. The molecule has 0 radical (unpaired) electrons. The Kier molecular flexibility index (Phi) is 7.14. The SMILES string of the molecule is CCOc1ccc2c(c1)CN(C(=O)Nc1ccccc1OCCCOC)CC2. The summed E-state index contributed by atoms with van der Waals surface area (Å²) < 4.78 is 16.4. The Morgan fingerprint density at radius 3 is 2.79 bits per heavy atom. The van der Waals surface area contributed by atoms with E-state index < -0.39 is 0 Å². The van der Waals surface area contributed by atoms with E-state index in [1.807, 2.05) is 48.2 Å². The second kappa shape index (κ2) is 9.99. The number of para-hydroxylation sites is 2. The normalized spacial score (nSPS) is 13.0. The van der Waals surface area contributed by atoms with Crippen molar-refractivity contribution in [2.24, 2.45) is 0 Å². The van der Waals surface area contributed by atoms with Crippen molar-refractivity contribution >= 4 is 11.7 Å². The first-order chi connectivity index (χ1) is 13.7. The lowest BCUT2D eigenvalue weighted by Crippen LogP contribution is -2.38. The number of rotatable bonds is 8. The predicted octanol–water partition coefficient (Wildman–Crippen LogP) is 4.09. The van der Waals surface area contributed by atoms with Crippen molar-refractivity contribution in [2.45, 2.75) is 26.3 Å². The number of carbonyl (C=O) groups excluding carboxylic acids is 1. The molecule has 0 spiro atoms. The fraction of sp³-hybridized carbons (Fsp3) is 0.409. The molecule has 1 heterocycles. The fourth-order valence-corrected chi connectivity index (χ4v) is 3.24. The molecule has 1 aliphatic heterocycles. The minimum Gasteiger partial charge on any atom is -0.494 e. The lowest BCUT2D eigenvalue weighted by atomic mass is 10.00. The van der Waals surface area contributed by atoms with Crippen molar-refractivity contribution in [3.63, 3.8) is 0 Å². The molecular weight excluding hydrogens is 356 g/mol. The maximum absolute atomic E-state index is 12.8. The summed E-state index contributed by atoms with van der Waals surface area (Å²) in [5.74, 6) is 1.52. The van der Waals surface area contributed by atoms with Gasteiger partial charge in [0.2, 0.25) is 0 Å². The van der Waals surface area contributed by atoms with Crippen LogP contribution in [0.25, 0.3) is 0 Å². The van der Waals surface area contributed by atoms with E-state index in [-0.39, 0.29) is 6.03 Å². The highest BCUT2D eigenvalue weighted by molar-refractivity contribution is 5.91. The van der Waals surface area contributed by atoms with Gasteiger partial charge in [0.15, 0.2) is 0 Å². The monoisotopic (exact) mass is 384 g/mol. The zero-order valence-corrected chi connectivity index (χ0v) is 16.6. The average Bonchev–Trinajstić information content (AvgIpc) is 2.72. The summed E-state index contributed by atoms with van der Waals surface area (Å²) in [5, 5.41) is 2.99. The Labute approximate surface area is 166 Å². The summed E-state index contributed by atoms with van der Waals surface area (Å²) in [6, 6.07) is 13.5. The first kappa shape index (κ1) is 20.0. The first-order valence-corrected chi connectivity index (χ1v) is 9.72. The van der Waals surface area contributed by atoms with Crippen LogP contribution in [0.1, 0.15) is 24.5 Å². The van der Waals surface area contributed by atoms with Crippen LogP contribution in [-0.4, -0.2) is 44.4 Å². The van der Waals surface area contributed by atoms with Gasteiger partial charge in [0, 0.05) is 33.2 Å². The van der Waals surface area contributed by atoms with Gasteiger partial charge in [0.25, 0.3) is 0 Å². The van der Waals surface area contributed by atoms with Crippen LogP contribution >= 0.6 is 0 Å². The van der Waals surface area contributed by atoms with Crippen LogP contribution in [0.2, 0.25) is 0 Å². The number of urea groups is 1. The molecule has 6 nitrogen and oxygen atoms in total. The molecule has 150 valence electrons. The van der Waals surface area contributed by atoms with E-state index in [1.54, 1.807) is 7.11 Å². The third-order valence-corrected chi connectivity index (χ3v) is 4.67. The van der Waals surface area contributed by atoms with Crippen LogP contribution < -0.4 is 14.8 Å². The molecule has 0 unspecified atom stereocenters. The van der Waals surface area contributed by atoms with Gasteiger partial charge in [-0.3, -0.25) is 0 Å². The van der Waals surface area contributed by atoms with Crippen molar-refractivity contribution < 1.29 is 19.0 Å². The van der Waals surface area contributed by atoms with Gasteiger partial charge in [-0.1, -0.05) is 18.2 Å². The molecule has 0 saturated heterocycles. The highest BCUT2D eigenvalue weighted by Crippen LogP contribution is 2.27. The van der Waals surface area contributed by atoms with Gasteiger partial charge in [-0.05, 0) is 48.7 Å². The second-order valence-electron chi connectivity index (χ2n) is 6.66. The van der Waals surface area contributed by atoms with E-state index in [0.29, 0.717) is 44.3 Å². The van der Waals surface area contributed by atoms with Crippen LogP contribution in [0.15, 0.2) is 42.5 Å². The van der Waals surface area contributed by atoms with Crippen molar-refractivity contribution in [2.75, 3.05) is 38.8 Å². The van der Waals surface area contributed by atoms with Crippen LogP contribution in [0.4, 0.5) is 10.5 Å². The molecule has 0 bridgehead atoms. The Morgan fingerprint density at radius 2 is 1.96 bits per heavy atom. The molecule has 0 aromatic heterocycles. The number of methoxy groups -OCH3 is 1. The number of anilines is 1. The molecule has 6 heteroatoms. The summed E-state index contributed by atoms with van der Waals surface area (Å²) in [4.78, 5) is 14.6. The van der Waals surface area contributed by atoms with Gasteiger partial charge in [0.1, 0.15) is 11.5 Å². The van der Waals surface area contributed by atoms with Gasteiger partial charge < -0.3 is 24.4 Å². The Morgan fingerprint density at radius 1 is 1.11 bits per heavy atom. The summed E-state index contributed by atoms with van der Waals surface area (Å²) in [6.45, 7) is 5.03. The van der Waals surface area contributed by atoms with Gasteiger partial charge in [0.05, 0.1) is 18.9 Å². The molecule has 0 atom stereocenters. The van der Waals surface area contributed by atoms with E-state index in [1.165, 1.54) is 5.56 Å². The van der Waals surface area contributed by atoms with Crippen LogP contribution in [0.3, 0.4) is 0 Å². The van der Waals surface area contributed by atoms with Gasteiger partial charge >= 0.3 is 6.03 Å². The quantitative estimate of drug-likeness (QED) is 0.697. The molecule has 2 aromatic rings. The highest BCUT2D eigenvalue weighted by atomic mass is 16.5. The van der Waals surface area contributed by atoms with E-state index in [4.69, 9.17) is 14.2 Å². The van der Waals surface area contributed by atoms with Crippen LogP contribution in [0.5, 0.6) is 11.5 Å². The zero-order valence-electron chi connectivity index (χ0n) is 16.6. The third kappa shape index (κ3) is 5.16. The summed E-state index contributed by atoms with van der Waals surface area (Å²) in [6.07, 6.45) is 1.63. The van der Waals surface area contributed by atoms with E-state index in [9.17, 15) is 4.79 Å². The molecule has 1 N–H and O–H groups in total. The average molecular weight is 384 g/mol. The maximum atomic E-state index is 12.8. The van der Waals surface area contributed by atoms with E-state index in [2.05, 4.69) is 11.4 Å². The number of fused-ring (bicyclic) bond motifs is 1. The Balaban J connectivity index is 1.63. The summed E-state index contributed by atoms with van der Waals surface area (Å²) in [5.41, 5.74) is 3.09. The largest absolute Gasteiger partial charge is 0.494 e. The number of hydrogen-bond donors (Lipinski definition) is 1. The molecule has 28 heavy (non-hydrogen) atoms. The van der Waals surface area contributed by atoms with Gasteiger partial charge in [-0.2, -0.15) is 0 Å². The lowest BCUT2D eigenvalue weighted by Gasteiger charge is -2.29. The van der Waals surface area contributed by atoms with Crippen molar-refractivity contribution in [1.29, 1.82) is 0 Å². The molecule has 0 aliphatic carbocycles. The number of nitrogens with zero attached hydrogens (tertiary/aromatic N) is 1. The molecule has 1 aliphatic rings. The summed E-state index contributed by atoms with van der Waals surface area (Å²) >= 11 is 0. The van der Waals surface area contributed by atoms with Crippen LogP contribution in [-0.2, 0) is 17.7 Å². The number of nitrogens with one attached hydrogen (secondary N) is 1. The smallest absolute Gasteiger partial charge is 0.322 e. The van der Waals surface area contributed by atoms with E-state index in [0.717, 1.165) is 24.2 Å². The number of ether oxygens (including phenoxy) is 3. The lowest BCUT2D eigenvalue weighted by molar-refractivity contribution is 0.172. The zero-order chi connectivity index (χ0) is 19.8. The standard InChI is InChI=1S/C22H28N2O4/c1-3-27-19-10-9-17-11-12-24(16-18(17)15-19)22(25)23-20-7-4-5-8-21(20)28-14-6-13-26-2/h4-5,7-10,15H,3,6,11-14,16H2,1-2H3,(H,23,25). The molecular formula is C22H28N2O4. The van der Waals surface area contributed by atoms with E-state index >= 15 is 0 Å². The number of amides is 2. The molecule has 0 fully saturated rings. The van der Waals surface area contributed by atoms with Gasteiger partial charge in [-0.15, -0.1) is 0 Å². The predicted molar refractivity (Wildman–Crippen MR) is 109 cm³/mol. The van der Waals surface area contributed by atoms with Crippen molar-refractivity contribution in [1.82, 2.24) is 4.90 Å². The number of carbonyl (C=O) groups is 1. The van der Waals surface area contributed by atoms with Crippen molar-refractivity contribution in [3.05, 3.63) is 53.6 Å². The Bertz CT molecular complexity index is 794. The molecule has 2 amide bonds. The minimum atomic E-state index is -0.125. The first-order valence-electron chi connectivity index (χ1n) is 9.72. The number of benzene rings is 2. The number of hydrogen-bond acceptors (Lipinski definition) is 4. The molecule has 2 aromatic carbocycles. The molecule has 3 rings (SSSR count). The van der Waals surface area contributed by atoms with Crippen molar-refractivity contribution in [3.8, 4) is 11.5 Å². The Hall–Kier alpha value is -2.73. The fourth-order valence-electron chi connectivity index (χ4n) is 3.24. The molecule has 0 saturated carbocycles. The minimum absolute atomic E-state index is 0.125. The summed E-state index contributed by atoms with van der Waals surface area (Å²) in [7, 11) is 1.67. The highest BCUT2D eigenvalue weighted by Gasteiger charge is 2.22. The van der Waals surface area contributed by atoms with Gasteiger partial charge in [-0.25, -0.2) is 4.79 Å². The van der Waals surface area contributed by atoms with Crippen LogP contribution in [0, 0.1) is 0 Å². The second-order valence-corrected chi connectivity index (χ2v) is 6.66. The maximum Gasteiger partial charge on any atom is 0.322 e.